The van der Waals surface area contributed by atoms with Crippen molar-refractivity contribution >= 4 is 18.4 Å². The van der Waals surface area contributed by atoms with Gasteiger partial charge in [0.15, 0.2) is 6.10 Å². The summed E-state index contributed by atoms with van der Waals surface area (Å²) in [6, 6.07) is 0. The number of carboxylic acids is 1. The summed E-state index contributed by atoms with van der Waals surface area (Å²) < 4.78 is 4.78. The average Bonchev–Trinajstić information content (AvgIpc) is 2.31. The van der Waals surface area contributed by atoms with Gasteiger partial charge in [-0.25, -0.2) is 4.79 Å². The summed E-state index contributed by atoms with van der Waals surface area (Å²) in [6.45, 7) is -0.342. The van der Waals surface area contributed by atoms with Crippen molar-refractivity contribution < 1.29 is 24.9 Å². The smallest absolute Gasteiger partial charge is 0.332 e. The molecule has 0 aromatic rings. The zero-order chi connectivity index (χ0) is 8.43. The first-order valence-corrected chi connectivity index (χ1v) is 3.32. The van der Waals surface area contributed by atoms with Crippen LogP contribution < -0.4 is 0 Å². The number of carbonyl (C=O) groups is 1. The van der Waals surface area contributed by atoms with E-state index in [1.54, 1.807) is 0 Å². The molecule has 1 fully saturated rings. The Morgan fingerprint density at radius 3 is 2.42 bits per heavy atom. The van der Waals surface area contributed by atoms with E-state index in [9.17, 15) is 4.79 Å². The standard InChI is InChI=1S/C6H10O5.ClH/c7-2-5-3(8)1-4(11-5)6(9)10;/h3-5,7-8H,1-2H2,(H,9,10);1H/t3-,4+,5+;/m0./s1. The minimum Gasteiger partial charge on any atom is -0.479 e. The third-order valence-corrected chi connectivity index (χ3v) is 1.68. The van der Waals surface area contributed by atoms with Gasteiger partial charge in [0.05, 0.1) is 12.7 Å². The number of halogens is 1. The SMILES string of the molecule is Cl.O=C(O)[C@H]1C[C@H](O)[C@@H](CO)O1. The molecule has 1 saturated heterocycles. The first-order chi connectivity index (χ1) is 5.15. The fourth-order valence-electron chi connectivity index (χ4n) is 1.05. The predicted octanol–water partition coefficient (Wildman–Crippen LogP) is -0.997. The Labute approximate surface area is 75.4 Å². The van der Waals surface area contributed by atoms with Gasteiger partial charge in [0.1, 0.15) is 6.10 Å². The Bertz CT molecular complexity index is 162. The number of ether oxygens (including phenoxy) is 1. The lowest BCUT2D eigenvalue weighted by Gasteiger charge is -2.08. The highest BCUT2D eigenvalue weighted by Crippen LogP contribution is 2.19. The number of aliphatic hydroxyl groups is 2. The molecule has 12 heavy (non-hydrogen) atoms. The van der Waals surface area contributed by atoms with Crippen LogP contribution in [-0.4, -0.2) is 46.2 Å². The van der Waals surface area contributed by atoms with Gasteiger partial charge in [-0.1, -0.05) is 0 Å². The number of carboxylic acid groups (broad SMARTS) is 1. The Morgan fingerprint density at radius 2 is 2.17 bits per heavy atom. The molecule has 3 N–H and O–H groups in total. The Morgan fingerprint density at radius 1 is 1.58 bits per heavy atom. The van der Waals surface area contributed by atoms with E-state index in [2.05, 4.69) is 0 Å². The number of aliphatic hydroxyl groups excluding tert-OH is 2. The summed E-state index contributed by atoms with van der Waals surface area (Å²) in [5.41, 5.74) is 0. The molecule has 3 atom stereocenters. The largest absolute Gasteiger partial charge is 0.479 e. The van der Waals surface area contributed by atoms with Gasteiger partial charge in [-0.3, -0.25) is 0 Å². The highest BCUT2D eigenvalue weighted by molar-refractivity contribution is 5.85. The van der Waals surface area contributed by atoms with Gasteiger partial charge in [0.2, 0.25) is 0 Å². The number of aliphatic carboxylic acids is 1. The van der Waals surface area contributed by atoms with Gasteiger partial charge in [-0.15, -0.1) is 12.4 Å². The molecule has 72 valence electrons. The minimum absolute atomic E-state index is 0. The lowest BCUT2D eigenvalue weighted by Crippen LogP contribution is -2.25. The zero-order valence-corrected chi connectivity index (χ0v) is 7.03. The van der Waals surface area contributed by atoms with Crippen molar-refractivity contribution in [3.63, 3.8) is 0 Å². The second kappa shape index (κ2) is 4.61. The fourth-order valence-corrected chi connectivity index (χ4v) is 1.05. The summed E-state index contributed by atoms with van der Waals surface area (Å²) in [7, 11) is 0. The van der Waals surface area contributed by atoms with Crippen LogP contribution in [0.5, 0.6) is 0 Å². The first kappa shape index (κ1) is 11.6. The average molecular weight is 199 g/mol. The summed E-state index contributed by atoms with van der Waals surface area (Å²) in [4.78, 5) is 10.3. The topological polar surface area (TPSA) is 87.0 Å². The minimum atomic E-state index is -1.10. The Balaban J connectivity index is 0.00000121. The highest BCUT2D eigenvalue weighted by Gasteiger charge is 2.37. The maximum absolute atomic E-state index is 10.3. The van der Waals surface area contributed by atoms with Crippen LogP contribution in [0.1, 0.15) is 6.42 Å². The van der Waals surface area contributed by atoms with Crippen LogP contribution >= 0.6 is 12.4 Å². The van der Waals surface area contributed by atoms with E-state index in [0.717, 1.165) is 0 Å². The molecular formula is C6H11ClO5. The summed E-state index contributed by atoms with van der Waals surface area (Å²) >= 11 is 0. The van der Waals surface area contributed by atoms with E-state index in [1.165, 1.54) is 0 Å². The Kier molecular flexibility index (Phi) is 4.47. The van der Waals surface area contributed by atoms with Crippen LogP contribution in [0.4, 0.5) is 0 Å². The molecule has 1 aliphatic heterocycles. The summed E-state index contributed by atoms with van der Waals surface area (Å²) in [5, 5.41) is 26.0. The normalized spacial score (nSPS) is 34.3. The molecule has 6 heteroatoms. The molecule has 1 aliphatic rings. The second-order valence-corrected chi connectivity index (χ2v) is 2.49. The van der Waals surface area contributed by atoms with E-state index in [1.807, 2.05) is 0 Å². The monoisotopic (exact) mass is 198 g/mol. The van der Waals surface area contributed by atoms with Gasteiger partial charge >= 0.3 is 5.97 Å². The van der Waals surface area contributed by atoms with E-state index in [4.69, 9.17) is 20.1 Å². The third kappa shape index (κ3) is 2.31. The van der Waals surface area contributed by atoms with Crippen LogP contribution in [0.2, 0.25) is 0 Å². The maximum Gasteiger partial charge on any atom is 0.332 e. The van der Waals surface area contributed by atoms with Crippen LogP contribution in [-0.2, 0) is 9.53 Å². The van der Waals surface area contributed by atoms with Gasteiger partial charge in [-0.2, -0.15) is 0 Å². The van der Waals surface area contributed by atoms with Crippen LogP contribution in [0.15, 0.2) is 0 Å². The lowest BCUT2D eigenvalue weighted by atomic mass is 10.1. The fraction of sp³-hybridized carbons (Fsp3) is 0.833. The molecular weight excluding hydrogens is 188 g/mol. The van der Waals surface area contributed by atoms with E-state index < -0.39 is 24.3 Å². The highest BCUT2D eigenvalue weighted by atomic mass is 35.5. The first-order valence-electron chi connectivity index (χ1n) is 3.32. The summed E-state index contributed by atoms with van der Waals surface area (Å²) in [6.07, 6.45) is -2.51. The molecule has 0 aromatic heterocycles. The third-order valence-electron chi connectivity index (χ3n) is 1.68. The van der Waals surface area contributed by atoms with Crippen molar-refractivity contribution in [1.82, 2.24) is 0 Å². The number of hydrogen-bond acceptors (Lipinski definition) is 4. The zero-order valence-electron chi connectivity index (χ0n) is 6.21. The molecule has 0 aromatic carbocycles. The van der Waals surface area contributed by atoms with Crippen molar-refractivity contribution in [3.05, 3.63) is 0 Å². The molecule has 1 rings (SSSR count). The van der Waals surface area contributed by atoms with E-state index in [0.29, 0.717) is 0 Å². The van der Waals surface area contributed by atoms with Gasteiger partial charge in [0, 0.05) is 6.42 Å². The quantitative estimate of drug-likeness (QED) is 0.530. The molecule has 0 bridgehead atoms. The molecule has 0 radical (unpaired) electrons. The van der Waals surface area contributed by atoms with Crippen molar-refractivity contribution in [2.45, 2.75) is 24.7 Å². The lowest BCUT2D eigenvalue weighted by molar-refractivity contribution is -0.150. The van der Waals surface area contributed by atoms with E-state index >= 15 is 0 Å². The molecule has 0 saturated carbocycles. The molecule has 0 amide bonds. The van der Waals surface area contributed by atoms with Crippen molar-refractivity contribution in [1.29, 1.82) is 0 Å². The van der Waals surface area contributed by atoms with E-state index in [-0.39, 0.29) is 25.4 Å². The van der Waals surface area contributed by atoms with Crippen molar-refractivity contribution in [2.24, 2.45) is 0 Å². The van der Waals surface area contributed by atoms with Gasteiger partial charge in [-0.05, 0) is 0 Å². The van der Waals surface area contributed by atoms with Crippen LogP contribution in [0, 0.1) is 0 Å². The number of rotatable bonds is 2. The number of hydrogen-bond donors (Lipinski definition) is 3. The van der Waals surface area contributed by atoms with Gasteiger partial charge < -0.3 is 20.1 Å². The molecule has 5 nitrogen and oxygen atoms in total. The Hall–Kier alpha value is -0.360. The molecule has 0 spiro atoms. The van der Waals surface area contributed by atoms with Crippen LogP contribution in [0.25, 0.3) is 0 Å². The van der Waals surface area contributed by atoms with Gasteiger partial charge in [0.25, 0.3) is 0 Å². The molecule has 0 aliphatic carbocycles. The molecule has 0 unspecified atom stereocenters. The summed E-state index contributed by atoms with van der Waals surface area (Å²) in [5.74, 6) is -1.10. The van der Waals surface area contributed by atoms with Crippen LogP contribution in [0.3, 0.4) is 0 Å². The van der Waals surface area contributed by atoms with Crippen molar-refractivity contribution in [3.8, 4) is 0 Å². The van der Waals surface area contributed by atoms with Crippen molar-refractivity contribution in [2.75, 3.05) is 6.61 Å². The predicted molar refractivity (Wildman–Crippen MR) is 41.3 cm³/mol. The maximum atomic E-state index is 10.3. The second-order valence-electron chi connectivity index (χ2n) is 2.49. The molecule has 1 heterocycles.